The van der Waals surface area contributed by atoms with Gasteiger partial charge in [-0.15, -0.1) is 0 Å². The van der Waals surface area contributed by atoms with Crippen LogP contribution in [-0.2, 0) is 6.61 Å². The van der Waals surface area contributed by atoms with Crippen LogP contribution in [0.3, 0.4) is 0 Å². The molecule has 6 nitrogen and oxygen atoms in total. The molecule has 0 aliphatic heterocycles. The van der Waals surface area contributed by atoms with Crippen LogP contribution in [0.1, 0.15) is 52.0 Å². The maximum Gasteiger partial charge on any atom is 0.335 e. The Labute approximate surface area is 121 Å². The van der Waals surface area contributed by atoms with Crippen molar-refractivity contribution < 1.29 is 19.2 Å². The molecule has 1 aliphatic rings. The van der Waals surface area contributed by atoms with Gasteiger partial charge in [0.1, 0.15) is 5.75 Å². The molecule has 0 spiro atoms. The molecule has 1 aromatic heterocycles. The minimum absolute atomic E-state index is 0.188. The molecule has 1 aromatic carbocycles. The normalized spacial score (nSPS) is 14.2. The van der Waals surface area contributed by atoms with Crippen LogP contribution in [0.15, 0.2) is 16.7 Å². The second-order valence-corrected chi connectivity index (χ2v) is 5.35. The molecule has 1 saturated carbocycles. The van der Waals surface area contributed by atoms with Gasteiger partial charge in [0.05, 0.1) is 5.56 Å². The molecular weight excluding hydrogens is 272 g/mol. The van der Waals surface area contributed by atoms with E-state index in [0.29, 0.717) is 17.6 Å². The zero-order valence-corrected chi connectivity index (χ0v) is 11.9. The molecule has 0 saturated heterocycles. The first-order valence-corrected chi connectivity index (χ1v) is 6.84. The second-order valence-electron chi connectivity index (χ2n) is 5.35. The van der Waals surface area contributed by atoms with E-state index in [1.165, 1.54) is 0 Å². The van der Waals surface area contributed by atoms with Crippen molar-refractivity contribution in [2.45, 2.75) is 39.2 Å². The standard InChI is InChI=1S/C15H16N2O4/c1-8-5-11(15(18)19)6-9(2)13(8)20-7-12-16-14(17-21-12)10-3-4-10/h5-6,10H,3-4,7H2,1-2H3,(H,18,19). The Kier molecular flexibility index (Phi) is 3.37. The van der Waals surface area contributed by atoms with Gasteiger partial charge in [-0.25, -0.2) is 4.79 Å². The topological polar surface area (TPSA) is 85.5 Å². The molecule has 110 valence electrons. The summed E-state index contributed by atoms with van der Waals surface area (Å²) >= 11 is 0. The molecular formula is C15H16N2O4. The van der Waals surface area contributed by atoms with Crippen LogP contribution >= 0.6 is 0 Å². The molecule has 21 heavy (non-hydrogen) atoms. The number of aromatic carboxylic acids is 1. The van der Waals surface area contributed by atoms with Crippen molar-refractivity contribution in [1.82, 2.24) is 10.1 Å². The molecule has 0 atom stereocenters. The highest BCUT2D eigenvalue weighted by molar-refractivity contribution is 5.88. The number of benzene rings is 1. The number of nitrogens with zero attached hydrogens (tertiary/aromatic N) is 2. The Bertz CT molecular complexity index is 666. The Hall–Kier alpha value is -2.37. The summed E-state index contributed by atoms with van der Waals surface area (Å²) < 4.78 is 10.9. The molecule has 1 N–H and O–H groups in total. The smallest absolute Gasteiger partial charge is 0.335 e. The summed E-state index contributed by atoms with van der Waals surface area (Å²) in [4.78, 5) is 15.3. The average molecular weight is 288 g/mol. The van der Waals surface area contributed by atoms with E-state index in [0.717, 1.165) is 29.8 Å². The lowest BCUT2D eigenvalue weighted by molar-refractivity contribution is 0.0696. The van der Waals surface area contributed by atoms with E-state index >= 15 is 0 Å². The third kappa shape index (κ3) is 2.89. The molecule has 1 fully saturated rings. The summed E-state index contributed by atoms with van der Waals surface area (Å²) in [5, 5.41) is 12.9. The summed E-state index contributed by atoms with van der Waals surface area (Å²) in [5.41, 5.74) is 1.80. The molecule has 2 aromatic rings. The number of carboxylic acids is 1. The summed E-state index contributed by atoms with van der Waals surface area (Å²) in [5.74, 6) is 1.35. The van der Waals surface area contributed by atoms with Gasteiger partial charge in [0.2, 0.25) is 0 Å². The van der Waals surface area contributed by atoms with Crippen LogP contribution in [0, 0.1) is 13.8 Å². The number of ether oxygens (including phenoxy) is 1. The van der Waals surface area contributed by atoms with E-state index in [1.54, 1.807) is 12.1 Å². The monoisotopic (exact) mass is 288 g/mol. The van der Waals surface area contributed by atoms with Gasteiger partial charge in [0.15, 0.2) is 12.4 Å². The maximum atomic E-state index is 11.0. The highest BCUT2D eigenvalue weighted by Gasteiger charge is 2.28. The summed E-state index contributed by atoms with van der Waals surface area (Å²) in [6.45, 7) is 3.82. The lowest BCUT2D eigenvalue weighted by Gasteiger charge is -2.11. The summed E-state index contributed by atoms with van der Waals surface area (Å²) in [6.07, 6.45) is 2.24. The number of carbonyl (C=O) groups is 1. The molecule has 0 radical (unpaired) electrons. The van der Waals surface area contributed by atoms with Crippen molar-refractivity contribution in [3.05, 3.63) is 40.5 Å². The highest BCUT2D eigenvalue weighted by Crippen LogP contribution is 2.38. The molecule has 0 amide bonds. The van der Waals surface area contributed by atoms with Gasteiger partial charge in [0, 0.05) is 5.92 Å². The van der Waals surface area contributed by atoms with Gasteiger partial charge < -0.3 is 14.4 Å². The van der Waals surface area contributed by atoms with Crippen molar-refractivity contribution in [3.63, 3.8) is 0 Å². The first-order chi connectivity index (χ1) is 10.0. The van der Waals surface area contributed by atoms with Crippen molar-refractivity contribution >= 4 is 5.97 Å². The lowest BCUT2D eigenvalue weighted by Crippen LogP contribution is -2.03. The van der Waals surface area contributed by atoms with Crippen molar-refractivity contribution in [2.24, 2.45) is 0 Å². The average Bonchev–Trinajstić information content (AvgIpc) is 3.17. The number of carboxylic acid groups (broad SMARTS) is 1. The van der Waals surface area contributed by atoms with Crippen molar-refractivity contribution in [1.29, 1.82) is 0 Å². The molecule has 0 bridgehead atoms. The van der Waals surface area contributed by atoms with Crippen LogP contribution < -0.4 is 4.74 Å². The maximum absolute atomic E-state index is 11.0. The van der Waals surface area contributed by atoms with Crippen LogP contribution in [0.5, 0.6) is 5.75 Å². The lowest BCUT2D eigenvalue weighted by atomic mass is 10.1. The SMILES string of the molecule is Cc1cc(C(=O)O)cc(C)c1OCc1nc(C2CC2)no1. The fourth-order valence-electron chi connectivity index (χ4n) is 2.27. The first-order valence-electron chi connectivity index (χ1n) is 6.84. The predicted octanol–water partition coefficient (Wildman–Crippen LogP) is 2.84. The fourth-order valence-corrected chi connectivity index (χ4v) is 2.27. The Balaban J connectivity index is 1.73. The van der Waals surface area contributed by atoms with Crippen LogP contribution in [0.25, 0.3) is 0 Å². The van der Waals surface area contributed by atoms with Crippen LogP contribution in [0.2, 0.25) is 0 Å². The zero-order valence-electron chi connectivity index (χ0n) is 11.9. The van der Waals surface area contributed by atoms with Crippen LogP contribution in [-0.4, -0.2) is 21.2 Å². The first kappa shape index (κ1) is 13.6. The Morgan fingerprint density at radius 3 is 2.62 bits per heavy atom. The zero-order chi connectivity index (χ0) is 15.0. The number of aryl methyl sites for hydroxylation is 2. The van der Waals surface area contributed by atoms with Gasteiger partial charge in [0.25, 0.3) is 5.89 Å². The van der Waals surface area contributed by atoms with Crippen molar-refractivity contribution in [3.8, 4) is 5.75 Å². The summed E-state index contributed by atoms with van der Waals surface area (Å²) in [6, 6.07) is 3.18. The van der Waals surface area contributed by atoms with E-state index in [2.05, 4.69) is 10.1 Å². The number of hydrogen-bond acceptors (Lipinski definition) is 5. The second kappa shape index (κ2) is 5.20. The predicted molar refractivity (Wildman–Crippen MR) is 73.5 cm³/mol. The molecule has 1 heterocycles. The summed E-state index contributed by atoms with van der Waals surface area (Å²) in [7, 11) is 0. The van der Waals surface area contributed by atoms with Gasteiger partial charge >= 0.3 is 5.97 Å². The van der Waals surface area contributed by atoms with Crippen molar-refractivity contribution in [2.75, 3.05) is 0 Å². The van der Waals surface area contributed by atoms with E-state index in [-0.39, 0.29) is 12.2 Å². The minimum Gasteiger partial charge on any atom is -0.483 e. The third-order valence-corrected chi connectivity index (χ3v) is 3.47. The fraction of sp³-hybridized carbons (Fsp3) is 0.400. The van der Waals surface area contributed by atoms with E-state index < -0.39 is 5.97 Å². The van der Waals surface area contributed by atoms with E-state index in [4.69, 9.17) is 14.4 Å². The van der Waals surface area contributed by atoms with E-state index in [1.807, 2.05) is 13.8 Å². The van der Waals surface area contributed by atoms with E-state index in [9.17, 15) is 4.79 Å². The van der Waals surface area contributed by atoms with Gasteiger partial charge in [-0.2, -0.15) is 4.98 Å². The largest absolute Gasteiger partial charge is 0.483 e. The number of hydrogen-bond donors (Lipinski definition) is 1. The number of rotatable bonds is 5. The molecule has 3 rings (SSSR count). The highest BCUT2D eigenvalue weighted by atomic mass is 16.5. The third-order valence-electron chi connectivity index (χ3n) is 3.47. The van der Waals surface area contributed by atoms with Gasteiger partial charge in [-0.1, -0.05) is 5.16 Å². The molecule has 6 heteroatoms. The molecule has 0 unspecified atom stereocenters. The van der Waals surface area contributed by atoms with Gasteiger partial charge in [-0.05, 0) is 49.9 Å². The number of aromatic nitrogens is 2. The quantitative estimate of drug-likeness (QED) is 0.910. The molecule has 1 aliphatic carbocycles. The van der Waals surface area contributed by atoms with Gasteiger partial charge in [-0.3, -0.25) is 0 Å². The van der Waals surface area contributed by atoms with Crippen LogP contribution in [0.4, 0.5) is 0 Å². The Morgan fingerprint density at radius 1 is 1.38 bits per heavy atom. The Morgan fingerprint density at radius 2 is 2.05 bits per heavy atom. The minimum atomic E-state index is -0.946.